The Labute approximate surface area is 117 Å². The maximum Gasteiger partial charge on any atom is 0.263 e. The van der Waals surface area contributed by atoms with E-state index in [0.29, 0.717) is 11.4 Å². The third-order valence-electron chi connectivity index (χ3n) is 2.35. The van der Waals surface area contributed by atoms with E-state index in [-0.39, 0.29) is 16.0 Å². The summed E-state index contributed by atoms with van der Waals surface area (Å²) >= 11 is 0.912. The van der Waals surface area contributed by atoms with Gasteiger partial charge >= 0.3 is 0 Å². The number of hydrogen-bond acceptors (Lipinski definition) is 5. The first-order chi connectivity index (χ1) is 9.01. The predicted octanol–water partition coefficient (Wildman–Crippen LogP) is 2.02. The highest BCUT2D eigenvalue weighted by atomic mass is 32.2. The van der Waals surface area contributed by atoms with Crippen LogP contribution in [0.2, 0.25) is 0 Å². The van der Waals surface area contributed by atoms with Crippen LogP contribution in [0.4, 0.5) is 0 Å². The molecule has 1 rings (SSSR count). The van der Waals surface area contributed by atoms with E-state index in [1.807, 2.05) is 19.1 Å². The number of aromatic nitrogens is 1. The molecule has 106 valence electrons. The van der Waals surface area contributed by atoms with Gasteiger partial charge < -0.3 is 5.32 Å². The molecule has 0 fully saturated rings. The van der Waals surface area contributed by atoms with Gasteiger partial charge in [-0.2, -0.15) is 0 Å². The number of rotatable bonds is 7. The zero-order chi connectivity index (χ0) is 14.3. The number of nitrogens with one attached hydrogen (secondary N) is 1. The normalized spacial score (nSPS) is 11.9. The van der Waals surface area contributed by atoms with Crippen molar-refractivity contribution in [2.45, 2.75) is 31.0 Å². The highest BCUT2D eigenvalue weighted by molar-refractivity contribution is 7.93. The molecule has 0 atom stereocenters. The Morgan fingerprint density at radius 3 is 2.79 bits per heavy atom. The maximum absolute atomic E-state index is 11.7. The van der Waals surface area contributed by atoms with E-state index in [1.165, 1.54) is 6.20 Å². The molecule has 0 spiro atoms. The summed E-state index contributed by atoms with van der Waals surface area (Å²) in [7, 11) is -3.33. The minimum Gasteiger partial charge on any atom is -0.351 e. The van der Waals surface area contributed by atoms with Crippen LogP contribution in [0, 0.1) is 0 Å². The van der Waals surface area contributed by atoms with Gasteiger partial charge in [0, 0.05) is 6.54 Å². The minimum absolute atomic E-state index is 0.00558. The fourth-order valence-electron chi connectivity index (χ4n) is 1.27. The lowest BCUT2D eigenvalue weighted by atomic mass is 10.3. The van der Waals surface area contributed by atoms with E-state index in [1.54, 1.807) is 6.92 Å². The van der Waals surface area contributed by atoms with Crippen LogP contribution in [0.15, 0.2) is 22.7 Å². The largest absolute Gasteiger partial charge is 0.351 e. The molecule has 1 aromatic rings. The summed E-state index contributed by atoms with van der Waals surface area (Å²) in [6, 6.07) is 0. The quantitative estimate of drug-likeness (QED) is 0.617. The second-order valence-corrected chi connectivity index (χ2v) is 7.30. The van der Waals surface area contributed by atoms with Crippen molar-refractivity contribution in [1.82, 2.24) is 10.3 Å². The first kappa shape index (κ1) is 15.8. The number of nitrogens with zero attached hydrogens (tertiary/aromatic N) is 1. The standard InChI is InChI=1S/C12H18N2O3S2/c1-3-5-6-7-8-13-11(15)10-9-14-12(18-10)19(16,17)4-2/h5-6,9H,3-4,7-8H2,1-2H3,(H,13,15)/b6-5+. The molecule has 0 aliphatic rings. The molecule has 1 heterocycles. The third kappa shape index (κ3) is 4.76. The van der Waals surface area contributed by atoms with Crippen LogP contribution in [0.3, 0.4) is 0 Å². The van der Waals surface area contributed by atoms with Crippen molar-refractivity contribution in [3.05, 3.63) is 23.2 Å². The molecule has 0 bridgehead atoms. The van der Waals surface area contributed by atoms with Crippen molar-refractivity contribution in [2.75, 3.05) is 12.3 Å². The summed E-state index contributed by atoms with van der Waals surface area (Å²) in [5, 5.41) is 2.73. The number of sulfone groups is 1. The molecule has 0 saturated carbocycles. The first-order valence-corrected chi connectivity index (χ1v) is 8.60. The summed E-state index contributed by atoms with van der Waals surface area (Å²) in [6.45, 7) is 4.13. The van der Waals surface area contributed by atoms with Gasteiger partial charge in [-0.25, -0.2) is 13.4 Å². The molecule has 0 radical (unpaired) electrons. The van der Waals surface area contributed by atoms with Crippen molar-refractivity contribution in [3.63, 3.8) is 0 Å². The van der Waals surface area contributed by atoms with Crippen LogP contribution in [0.25, 0.3) is 0 Å². The second kappa shape index (κ2) is 7.40. The average molecular weight is 302 g/mol. The fourth-order valence-corrected chi connectivity index (χ4v) is 3.43. The second-order valence-electron chi connectivity index (χ2n) is 3.82. The van der Waals surface area contributed by atoms with Gasteiger partial charge in [-0.05, 0) is 12.8 Å². The maximum atomic E-state index is 11.7. The minimum atomic E-state index is -3.33. The van der Waals surface area contributed by atoms with Gasteiger partial charge in [0.1, 0.15) is 4.88 Å². The average Bonchev–Trinajstić information content (AvgIpc) is 2.88. The van der Waals surface area contributed by atoms with Crippen molar-refractivity contribution in [1.29, 1.82) is 0 Å². The lowest BCUT2D eigenvalue weighted by Gasteiger charge is -1.99. The fraction of sp³-hybridized carbons (Fsp3) is 0.500. The smallest absolute Gasteiger partial charge is 0.263 e. The lowest BCUT2D eigenvalue weighted by Crippen LogP contribution is -2.23. The number of carbonyl (C=O) groups excluding carboxylic acids is 1. The predicted molar refractivity (Wildman–Crippen MR) is 76.2 cm³/mol. The van der Waals surface area contributed by atoms with Gasteiger partial charge in [-0.1, -0.05) is 37.3 Å². The van der Waals surface area contributed by atoms with Gasteiger partial charge in [0.05, 0.1) is 11.9 Å². The summed E-state index contributed by atoms with van der Waals surface area (Å²) in [4.78, 5) is 15.9. The summed E-state index contributed by atoms with van der Waals surface area (Å²) < 4.78 is 23.2. The number of thiazole rings is 1. The van der Waals surface area contributed by atoms with Crippen molar-refractivity contribution < 1.29 is 13.2 Å². The number of carbonyl (C=O) groups is 1. The van der Waals surface area contributed by atoms with Crippen LogP contribution in [0.5, 0.6) is 0 Å². The SMILES string of the molecule is CC/C=C/CCNC(=O)c1cnc(S(=O)(=O)CC)s1. The van der Waals surface area contributed by atoms with Crippen molar-refractivity contribution in [2.24, 2.45) is 0 Å². The third-order valence-corrected chi connectivity index (χ3v) is 5.55. The van der Waals surface area contributed by atoms with Crippen molar-refractivity contribution in [3.8, 4) is 0 Å². The molecular formula is C12H18N2O3S2. The molecule has 7 heteroatoms. The van der Waals surface area contributed by atoms with Crippen LogP contribution in [-0.4, -0.2) is 31.6 Å². The van der Waals surface area contributed by atoms with Gasteiger partial charge in [0.15, 0.2) is 0 Å². The van der Waals surface area contributed by atoms with Crippen LogP contribution in [0.1, 0.15) is 36.4 Å². The van der Waals surface area contributed by atoms with Crippen LogP contribution >= 0.6 is 11.3 Å². The number of allylic oxidation sites excluding steroid dienone is 1. The van der Waals surface area contributed by atoms with E-state index in [0.717, 1.165) is 24.2 Å². The Hall–Kier alpha value is -1.21. The van der Waals surface area contributed by atoms with E-state index in [2.05, 4.69) is 10.3 Å². The Kier molecular flexibility index (Phi) is 6.17. The number of hydrogen-bond donors (Lipinski definition) is 1. The van der Waals surface area contributed by atoms with Crippen LogP contribution < -0.4 is 5.32 Å². The van der Waals surface area contributed by atoms with E-state index in [9.17, 15) is 13.2 Å². The highest BCUT2D eigenvalue weighted by Crippen LogP contribution is 2.19. The van der Waals surface area contributed by atoms with Crippen molar-refractivity contribution >= 4 is 27.1 Å². The zero-order valence-electron chi connectivity index (χ0n) is 11.0. The molecule has 0 unspecified atom stereocenters. The molecule has 0 saturated heterocycles. The van der Waals surface area contributed by atoms with E-state index in [4.69, 9.17) is 0 Å². The Bertz CT molecular complexity index is 547. The molecule has 1 aromatic heterocycles. The van der Waals surface area contributed by atoms with Gasteiger partial charge in [-0.3, -0.25) is 4.79 Å². The number of amides is 1. The molecule has 5 nitrogen and oxygen atoms in total. The molecule has 1 N–H and O–H groups in total. The molecule has 0 aliphatic heterocycles. The summed E-state index contributed by atoms with van der Waals surface area (Å²) in [5.74, 6) is -0.288. The zero-order valence-corrected chi connectivity index (χ0v) is 12.7. The van der Waals surface area contributed by atoms with E-state index < -0.39 is 9.84 Å². The van der Waals surface area contributed by atoms with Crippen LogP contribution in [-0.2, 0) is 9.84 Å². The van der Waals surface area contributed by atoms with E-state index >= 15 is 0 Å². The molecular weight excluding hydrogens is 284 g/mol. The van der Waals surface area contributed by atoms with Gasteiger partial charge in [0.2, 0.25) is 14.2 Å². The Morgan fingerprint density at radius 2 is 2.16 bits per heavy atom. The molecule has 0 aliphatic carbocycles. The summed E-state index contributed by atoms with van der Waals surface area (Å²) in [5.41, 5.74) is 0. The first-order valence-electron chi connectivity index (χ1n) is 6.13. The van der Waals surface area contributed by atoms with Gasteiger partial charge in [-0.15, -0.1) is 0 Å². The topological polar surface area (TPSA) is 76.1 Å². The molecule has 0 aromatic carbocycles. The molecule has 19 heavy (non-hydrogen) atoms. The Morgan fingerprint density at radius 1 is 1.42 bits per heavy atom. The monoisotopic (exact) mass is 302 g/mol. The summed E-state index contributed by atoms with van der Waals surface area (Å²) in [6.07, 6.45) is 7.08. The van der Waals surface area contributed by atoms with Gasteiger partial charge in [0.25, 0.3) is 5.91 Å². The molecule has 1 amide bonds. The Balaban J connectivity index is 2.57. The lowest BCUT2D eigenvalue weighted by molar-refractivity contribution is 0.0958. The highest BCUT2D eigenvalue weighted by Gasteiger charge is 2.18.